The molecule has 0 spiro atoms. The van der Waals surface area contributed by atoms with Gasteiger partial charge in [0.2, 0.25) is 0 Å². The van der Waals surface area contributed by atoms with E-state index in [0.717, 1.165) is 29.4 Å². The van der Waals surface area contributed by atoms with Crippen LogP contribution >= 0.6 is 15.9 Å². The lowest BCUT2D eigenvalue weighted by molar-refractivity contribution is 0.161. The van der Waals surface area contributed by atoms with Crippen molar-refractivity contribution in [2.24, 2.45) is 0 Å². The van der Waals surface area contributed by atoms with E-state index in [4.69, 9.17) is 0 Å². The number of aryl methyl sites for hydroxylation is 1. The Balaban J connectivity index is 1.73. The molecule has 1 aromatic heterocycles. The second-order valence-electron chi connectivity index (χ2n) is 4.70. The van der Waals surface area contributed by atoms with Gasteiger partial charge < -0.3 is 5.11 Å². The predicted molar refractivity (Wildman–Crippen MR) is 81.0 cm³/mol. The molecule has 2 rings (SSSR count). The van der Waals surface area contributed by atoms with E-state index in [-0.39, 0.29) is 6.10 Å². The van der Waals surface area contributed by atoms with Gasteiger partial charge in [-0.3, -0.25) is 4.98 Å². The van der Waals surface area contributed by atoms with Crippen molar-refractivity contribution >= 4 is 15.9 Å². The van der Waals surface area contributed by atoms with Crippen LogP contribution in [0, 0.1) is 0 Å². The average Bonchev–Trinajstić information content (AvgIpc) is 2.43. The van der Waals surface area contributed by atoms with Crippen LogP contribution in [-0.2, 0) is 12.8 Å². The SMILES string of the molecule is OC(CCCc1ccccc1)Cc1ccc(Br)cn1. The van der Waals surface area contributed by atoms with E-state index in [1.165, 1.54) is 5.56 Å². The van der Waals surface area contributed by atoms with Crippen molar-refractivity contribution in [3.8, 4) is 0 Å². The minimum Gasteiger partial charge on any atom is -0.393 e. The quantitative estimate of drug-likeness (QED) is 0.879. The number of aliphatic hydroxyl groups excluding tert-OH is 1. The Morgan fingerprint density at radius 1 is 1.11 bits per heavy atom. The minimum absolute atomic E-state index is 0.308. The minimum atomic E-state index is -0.308. The molecule has 100 valence electrons. The molecule has 0 amide bonds. The van der Waals surface area contributed by atoms with Crippen LogP contribution in [0.4, 0.5) is 0 Å². The molecule has 1 N–H and O–H groups in total. The average molecular weight is 320 g/mol. The van der Waals surface area contributed by atoms with E-state index in [9.17, 15) is 5.11 Å². The molecule has 0 fully saturated rings. The van der Waals surface area contributed by atoms with Crippen LogP contribution in [0.2, 0.25) is 0 Å². The van der Waals surface area contributed by atoms with E-state index < -0.39 is 0 Å². The van der Waals surface area contributed by atoms with Crippen LogP contribution in [0.1, 0.15) is 24.1 Å². The molecule has 0 bridgehead atoms. The fraction of sp³-hybridized carbons (Fsp3) is 0.312. The lowest BCUT2D eigenvalue weighted by Gasteiger charge is -2.10. The van der Waals surface area contributed by atoms with Crippen LogP contribution in [-0.4, -0.2) is 16.2 Å². The Morgan fingerprint density at radius 3 is 2.58 bits per heavy atom. The summed E-state index contributed by atoms with van der Waals surface area (Å²) in [6.07, 6.45) is 4.92. The topological polar surface area (TPSA) is 33.1 Å². The van der Waals surface area contributed by atoms with Gasteiger partial charge in [-0.15, -0.1) is 0 Å². The number of pyridine rings is 1. The van der Waals surface area contributed by atoms with Crippen molar-refractivity contribution in [1.29, 1.82) is 0 Å². The maximum atomic E-state index is 10.00. The molecule has 2 nitrogen and oxygen atoms in total. The number of aliphatic hydroxyl groups is 1. The molecule has 0 saturated heterocycles. The summed E-state index contributed by atoms with van der Waals surface area (Å²) in [5, 5.41) is 10.00. The summed E-state index contributed by atoms with van der Waals surface area (Å²) >= 11 is 3.35. The molecule has 19 heavy (non-hydrogen) atoms. The van der Waals surface area contributed by atoms with Crippen LogP contribution in [0.15, 0.2) is 53.1 Å². The van der Waals surface area contributed by atoms with Gasteiger partial charge in [0.05, 0.1) is 6.10 Å². The van der Waals surface area contributed by atoms with Crippen molar-refractivity contribution in [3.63, 3.8) is 0 Å². The number of hydrogen-bond acceptors (Lipinski definition) is 2. The Hall–Kier alpha value is -1.19. The number of hydrogen-bond donors (Lipinski definition) is 1. The van der Waals surface area contributed by atoms with Crippen molar-refractivity contribution < 1.29 is 5.11 Å². The van der Waals surface area contributed by atoms with Crippen LogP contribution in [0.3, 0.4) is 0 Å². The second kappa shape index (κ2) is 7.41. The molecule has 1 heterocycles. The molecule has 0 radical (unpaired) electrons. The van der Waals surface area contributed by atoms with Gasteiger partial charge in [-0.2, -0.15) is 0 Å². The lowest BCUT2D eigenvalue weighted by Crippen LogP contribution is -2.11. The van der Waals surface area contributed by atoms with Gasteiger partial charge in [-0.05, 0) is 52.9 Å². The summed E-state index contributed by atoms with van der Waals surface area (Å²) < 4.78 is 0.967. The molecule has 1 atom stereocenters. The maximum Gasteiger partial charge on any atom is 0.0595 e. The zero-order chi connectivity index (χ0) is 13.5. The summed E-state index contributed by atoms with van der Waals surface area (Å²) in [6, 6.07) is 14.3. The largest absolute Gasteiger partial charge is 0.393 e. The van der Waals surface area contributed by atoms with Crippen molar-refractivity contribution in [2.45, 2.75) is 31.8 Å². The number of nitrogens with zero attached hydrogens (tertiary/aromatic N) is 1. The van der Waals surface area contributed by atoms with Gasteiger partial charge in [-0.25, -0.2) is 0 Å². The number of benzene rings is 1. The summed E-state index contributed by atoms with van der Waals surface area (Å²) in [6.45, 7) is 0. The maximum absolute atomic E-state index is 10.00. The van der Waals surface area contributed by atoms with Crippen molar-refractivity contribution in [2.75, 3.05) is 0 Å². The third-order valence-corrected chi connectivity index (χ3v) is 3.55. The molecule has 1 aromatic carbocycles. The van der Waals surface area contributed by atoms with Gasteiger partial charge >= 0.3 is 0 Å². The number of rotatable bonds is 6. The molecule has 2 aromatic rings. The summed E-state index contributed by atoms with van der Waals surface area (Å²) in [5.74, 6) is 0. The molecule has 0 aliphatic heterocycles. The molecule has 0 aliphatic carbocycles. The highest BCUT2D eigenvalue weighted by Gasteiger charge is 2.06. The van der Waals surface area contributed by atoms with Gasteiger partial charge in [0.25, 0.3) is 0 Å². The molecular weight excluding hydrogens is 302 g/mol. The van der Waals surface area contributed by atoms with Gasteiger partial charge in [0, 0.05) is 22.8 Å². The van der Waals surface area contributed by atoms with Crippen LogP contribution < -0.4 is 0 Å². The highest BCUT2D eigenvalue weighted by Crippen LogP contribution is 2.12. The van der Waals surface area contributed by atoms with Crippen LogP contribution in [0.25, 0.3) is 0 Å². The fourth-order valence-corrected chi connectivity index (χ4v) is 2.29. The highest BCUT2D eigenvalue weighted by atomic mass is 79.9. The first-order chi connectivity index (χ1) is 9.24. The fourth-order valence-electron chi connectivity index (χ4n) is 2.06. The molecule has 0 saturated carbocycles. The van der Waals surface area contributed by atoms with E-state index in [1.54, 1.807) is 6.20 Å². The van der Waals surface area contributed by atoms with Crippen LogP contribution in [0.5, 0.6) is 0 Å². The standard InChI is InChI=1S/C16H18BrNO/c17-14-9-10-15(18-12-14)11-16(19)8-4-7-13-5-2-1-3-6-13/h1-3,5-6,9-10,12,16,19H,4,7-8,11H2. The lowest BCUT2D eigenvalue weighted by atomic mass is 10.0. The van der Waals surface area contributed by atoms with E-state index in [0.29, 0.717) is 6.42 Å². The smallest absolute Gasteiger partial charge is 0.0595 e. The van der Waals surface area contributed by atoms with E-state index in [1.807, 2.05) is 18.2 Å². The van der Waals surface area contributed by atoms with E-state index in [2.05, 4.69) is 45.2 Å². The van der Waals surface area contributed by atoms with Crippen molar-refractivity contribution in [3.05, 3.63) is 64.4 Å². The van der Waals surface area contributed by atoms with Gasteiger partial charge in [0.15, 0.2) is 0 Å². The highest BCUT2D eigenvalue weighted by molar-refractivity contribution is 9.10. The first-order valence-electron chi connectivity index (χ1n) is 6.56. The Morgan fingerprint density at radius 2 is 1.89 bits per heavy atom. The molecule has 1 unspecified atom stereocenters. The summed E-state index contributed by atoms with van der Waals surface area (Å²) in [7, 11) is 0. The first kappa shape index (κ1) is 14.2. The molecule has 0 aliphatic rings. The van der Waals surface area contributed by atoms with E-state index >= 15 is 0 Å². The molecular formula is C16H18BrNO. The third kappa shape index (κ3) is 5.13. The first-order valence-corrected chi connectivity index (χ1v) is 7.36. The number of aromatic nitrogens is 1. The van der Waals surface area contributed by atoms with Gasteiger partial charge in [-0.1, -0.05) is 30.3 Å². The summed E-state index contributed by atoms with van der Waals surface area (Å²) in [5.41, 5.74) is 2.27. The number of halogens is 1. The summed E-state index contributed by atoms with van der Waals surface area (Å²) in [4.78, 5) is 4.28. The van der Waals surface area contributed by atoms with Crippen molar-refractivity contribution in [1.82, 2.24) is 4.98 Å². The van der Waals surface area contributed by atoms with Gasteiger partial charge in [0.1, 0.15) is 0 Å². The normalized spacial score (nSPS) is 12.3. The molecule has 3 heteroatoms. The Kier molecular flexibility index (Phi) is 5.55. The Bertz CT molecular complexity index is 484. The second-order valence-corrected chi connectivity index (χ2v) is 5.62. The Labute approximate surface area is 122 Å². The third-order valence-electron chi connectivity index (χ3n) is 3.08. The zero-order valence-electron chi connectivity index (χ0n) is 10.8. The predicted octanol–water partition coefficient (Wildman–Crippen LogP) is 3.77. The monoisotopic (exact) mass is 319 g/mol. The zero-order valence-corrected chi connectivity index (χ0v) is 12.4.